The summed E-state index contributed by atoms with van der Waals surface area (Å²) in [7, 11) is 1.84. The lowest BCUT2D eigenvalue weighted by atomic mass is 9.86. The summed E-state index contributed by atoms with van der Waals surface area (Å²) in [6.07, 6.45) is 1.85. The standard InChI is InChI=1S/C23H18N6O/c1-28-13-12-18(26-28)19-17(14-24)22(25)30-23-20(19)21(15-8-4-2-5-9-15)27-29(23)16-10-6-3-7-11-16/h2-13,19H,25H2,1H3. The Bertz CT molecular complexity index is 1290. The highest BCUT2D eigenvalue weighted by atomic mass is 16.5. The number of benzene rings is 2. The Morgan fingerprint density at radius 1 is 1.00 bits per heavy atom. The van der Waals surface area contributed by atoms with Gasteiger partial charge in [0, 0.05) is 18.8 Å². The zero-order valence-electron chi connectivity index (χ0n) is 16.2. The van der Waals surface area contributed by atoms with Gasteiger partial charge in [-0.2, -0.15) is 20.1 Å². The summed E-state index contributed by atoms with van der Waals surface area (Å²) in [4.78, 5) is 0. The molecule has 146 valence electrons. The van der Waals surface area contributed by atoms with E-state index in [-0.39, 0.29) is 5.88 Å². The first-order chi connectivity index (χ1) is 14.7. The fourth-order valence-corrected chi connectivity index (χ4v) is 3.77. The normalized spacial score (nSPS) is 15.4. The number of nitrogens with zero attached hydrogens (tertiary/aromatic N) is 5. The van der Waals surface area contributed by atoms with Gasteiger partial charge in [-0.05, 0) is 18.2 Å². The molecular formula is C23H18N6O. The Hall–Kier alpha value is -4.31. The summed E-state index contributed by atoms with van der Waals surface area (Å²) in [6.45, 7) is 0. The molecule has 0 saturated heterocycles. The van der Waals surface area contributed by atoms with Crippen LogP contribution in [-0.4, -0.2) is 19.6 Å². The van der Waals surface area contributed by atoms with Gasteiger partial charge in [-0.1, -0.05) is 48.5 Å². The molecule has 0 saturated carbocycles. The van der Waals surface area contributed by atoms with Crippen molar-refractivity contribution in [3.05, 3.63) is 95.6 Å². The van der Waals surface area contributed by atoms with Crippen molar-refractivity contribution in [2.45, 2.75) is 5.92 Å². The average molecular weight is 394 g/mol. The lowest BCUT2D eigenvalue weighted by Crippen LogP contribution is -2.22. The monoisotopic (exact) mass is 394 g/mol. The first-order valence-corrected chi connectivity index (χ1v) is 9.48. The second-order valence-electron chi connectivity index (χ2n) is 7.02. The Labute approximate surface area is 173 Å². The maximum absolute atomic E-state index is 9.88. The van der Waals surface area contributed by atoms with Gasteiger partial charge < -0.3 is 10.5 Å². The first kappa shape index (κ1) is 17.8. The molecule has 7 nitrogen and oxygen atoms in total. The van der Waals surface area contributed by atoms with Gasteiger partial charge in [-0.3, -0.25) is 4.68 Å². The van der Waals surface area contributed by atoms with E-state index in [9.17, 15) is 5.26 Å². The number of ether oxygens (including phenoxy) is 1. The zero-order valence-corrected chi connectivity index (χ0v) is 16.2. The van der Waals surface area contributed by atoms with Crippen molar-refractivity contribution in [2.75, 3.05) is 0 Å². The lowest BCUT2D eigenvalue weighted by Gasteiger charge is -2.23. The van der Waals surface area contributed by atoms with Crippen molar-refractivity contribution >= 4 is 0 Å². The Kier molecular flexibility index (Phi) is 4.11. The molecule has 1 atom stereocenters. The summed E-state index contributed by atoms with van der Waals surface area (Å²) in [6, 6.07) is 23.7. The number of hydrogen-bond acceptors (Lipinski definition) is 5. The topological polar surface area (TPSA) is 94.7 Å². The Morgan fingerprint density at radius 2 is 1.70 bits per heavy atom. The molecule has 0 aliphatic carbocycles. The fourth-order valence-electron chi connectivity index (χ4n) is 3.77. The largest absolute Gasteiger partial charge is 0.422 e. The van der Waals surface area contributed by atoms with Crippen LogP contribution in [0.2, 0.25) is 0 Å². The van der Waals surface area contributed by atoms with Gasteiger partial charge in [0.25, 0.3) is 0 Å². The number of nitriles is 1. The molecule has 2 N–H and O–H groups in total. The van der Waals surface area contributed by atoms with Gasteiger partial charge in [-0.15, -0.1) is 0 Å². The van der Waals surface area contributed by atoms with Crippen LogP contribution in [0.25, 0.3) is 16.9 Å². The second-order valence-corrected chi connectivity index (χ2v) is 7.02. The van der Waals surface area contributed by atoms with Gasteiger partial charge in [-0.25, -0.2) is 0 Å². The van der Waals surface area contributed by atoms with Gasteiger partial charge in [0.15, 0.2) is 0 Å². The van der Waals surface area contributed by atoms with Crippen LogP contribution in [0.4, 0.5) is 0 Å². The molecule has 1 aliphatic rings. The molecular weight excluding hydrogens is 376 g/mol. The maximum atomic E-state index is 9.88. The van der Waals surface area contributed by atoms with E-state index in [1.807, 2.05) is 80.0 Å². The molecule has 0 spiro atoms. The lowest BCUT2D eigenvalue weighted by molar-refractivity contribution is 0.366. The number of hydrogen-bond donors (Lipinski definition) is 1. The third kappa shape index (κ3) is 2.74. The van der Waals surface area contributed by atoms with E-state index in [4.69, 9.17) is 15.6 Å². The highest BCUT2D eigenvalue weighted by molar-refractivity contribution is 5.71. The molecule has 0 amide bonds. The molecule has 0 bridgehead atoms. The number of fused-ring (bicyclic) bond motifs is 1. The summed E-state index contributed by atoms with van der Waals surface area (Å²) in [5, 5.41) is 19.3. The maximum Gasteiger partial charge on any atom is 0.229 e. The van der Waals surface area contributed by atoms with Crippen molar-refractivity contribution in [1.82, 2.24) is 19.6 Å². The average Bonchev–Trinajstić information content (AvgIpc) is 3.37. The van der Waals surface area contributed by atoms with Gasteiger partial charge in [0.05, 0.1) is 22.9 Å². The highest BCUT2D eigenvalue weighted by Gasteiger charge is 2.38. The smallest absolute Gasteiger partial charge is 0.229 e. The van der Waals surface area contributed by atoms with Crippen LogP contribution in [0.3, 0.4) is 0 Å². The van der Waals surface area contributed by atoms with Gasteiger partial charge >= 0.3 is 0 Å². The molecule has 0 radical (unpaired) electrons. The minimum atomic E-state index is -0.479. The van der Waals surface area contributed by atoms with E-state index in [1.54, 1.807) is 9.36 Å². The molecule has 7 heteroatoms. The number of nitrogens with two attached hydrogens (primary N) is 1. The summed E-state index contributed by atoms with van der Waals surface area (Å²) < 4.78 is 9.42. The van der Waals surface area contributed by atoms with Crippen LogP contribution in [0.5, 0.6) is 5.88 Å². The number of rotatable bonds is 3. The summed E-state index contributed by atoms with van der Waals surface area (Å²) in [5.41, 5.74) is 10.5. The number of aromatic nitrogens is 4. The van der Waals surface area contributed by atoms with Crippen LogP contribution < -0.4 is 10.5 Å². The van der Waals surface area contributed by atoms with Crippen LogP contribution in [0, 0.1) is 11.3 Å². The van der Waals surface area contributed by atoms with E-state index in [0.29, 0.717) is 17.1 Å². The van der Waals surface area contributed by atoms with Crippen molar-refractivity contribution in [3.8, 4) is 28.9 Å². The zero-order chi connectivity index (χ0) is 20.7. The molecule has 1 unspecified atom stereocenters. The van der Waals surface area contributed by atoms with Crippen molar-refractivity contribution < 1.29 is 4.74 Å². The van der Waals surface area contributed by atoms with Crippen molar-refractivity contribution in [2.24, 2.45) is 12.8 Å². The van der Waals surface area contributed by atoms with E-state index in [2.05, 4.69) is 11.2 Å². The van der Waals surface area contributed by atoms with E-state index in [0.717, 1.165) is 22.5 Å². The predicted octanol–water partition coefficient (Wildman–Crippen LogP) is 3.49. The van der Waals surface area contributed by atoms with Crippen LogP contribution in [0.15, 0.2) is 84.4 Å². The predicted molar refractivity (Wildman–Crippen MR) is 112 cm³/mol. The number of aryl methyl sites for hydroxylation is 1. The molecule has 3 heterocycles. The minimum absolute atomic E-state index is 0.0670. The third-order valence-corrected chi connectivity index (χ3v) is 5.13. The SMILES string of the molecule is Cn1ccc(C2C(C#N)=C(N)Oc3c2c(-c2ccccc2)nn3-c2ccccc2)n1. The quantitative estimate of drug-likeness (QED) is 0.574. The van der Waals surface area contributed by atoms with Crippen molar-refractivity contribution in [3.63, 3.8) is 0 Å². The van der Waals surface area contributed by atoms with Gasteiger partial charge in [0.2, 0.25) is 11.8 Å². The molecule has 1 aliphatic heterocycles. The van der Waals surface area contributed by atoms with E-state index >= 15 is 0 Å². The third-order valence-electron chi connectivity index (χ3n) is 5.13. The highest BCUT2D eigenvalue weighted by Crippen LogP contribution is 2.47. The van der Waals surface area contributed by atoms with E-state index < -0.39 is 5.92 Å². The van der Waals surface area contributed by atoms with Crippen LogP contribution >= 0.6 is 0 Å². The first-order valence-electron chi connectivity index (χ1n) is 9.48. The minimum Gasteiger partial charge on any atom is -0.422 e. The Balaban J connectivity index is 1.83. The van der Waals surface area contributed by atoms with Crippen LogP contribution in [0.1, 0.15) is 17.2 Å². The summed E-state index contributed by atoms with van der Waals surface area (Å²) in [5.74, 6) is 0.0807. The molecule has 4 aromatic rings. The van der Waals surface area contributed by atoms with E-state index in [1.165, 1.54) is 0 Å². The Morgan fingerprint density at radius 3 is 2.33 bits per heavy atom. The summed E-state index contributed by atoms with van der Waals surface area (Å²) >= 11 is 0. The molecule has 2 aromatic carbocycles. The molecule has 5 rings (SSSR count). The molecule has 2 aromatic heterocycles. The molecule has 30 heavy (non-hydrogen) atoms. The van der Waals surface area contributed by atoms with Crippen molar-refractivity contribution in [1.29, 1.82) is 5.26 Å². The van der Waals surface area contributed by atoms with Crippen LogP contribution in [-0.2, 0) is 7.05 Å². The fraction of sp³-hybridized carbons (Fsp3) is 0.0870. The van der Waals surface area contributed by atoms with Gasteiger partial charge in [0.1, 0.15) is 17.3 Å². The second kappa shape index (κ2) is 6.94. The number of allylic oxidation sites excluding steroid dienone is 1. The number of para-hydroxylation sites is 1. The molecule has 0 fully saturated rings.